The lowest BCUT2D eigenvalue weighted by Gasteiger charge is -2.13. The topological polar surface area (TPSA) is 26.3 Å². The normalized spacial score (nSPS) is 11.4. The molecule has 0 atom stereocenters. The summed E-state index contributed by atoms with van der Waals surface area (Å²) in [6, 6.07) is 29.0. The Bertz CT molecular complexity index is 1260. The summed E-state index contributed by atoms with van der Waals surface area (Å²) >= 11 is 0. The number of benzene rings is 5. The molecule has 2 nitrogen and oxygen atoms in total. The first kappa shape index (κ1) is 16.8. The first-order valence-corrected chi connectivity index (χ1v) is 9.71. The maximum Gasteiger partial charge on any atom is 0.311 e. The molecular formula is C26H20O2. The van der Waals surface area contributed by atoms with Crippen LogP contribution in [0.2, 0.25) is 0 Å². The van der Waals surface area contributed by atoms with Gasteiger partial charge in [-0.3, -0.25) is 4.79 Å². The first-order chi connectivity index (χ1) is 13.8. The fourth-order valence-corrected chi connectivity index (χ4v) is 4.05. The predicted octanol–water partition coefficient (Wildman–Crippen LogP) is 6.51. The minimum absolute atomic E-state index is 0.175. The smallest absolute Gasteiger partial charge is 0.311 e. The number of rotatable bonds is 5. The van der Waals surface area contributed by atoms with Gasteiger partial charge in [-0.1, -0.05) is 72.8 Å². The molecule has 0 saturated heterocycles. The van der Waals surface area contributed by atoms with Crippen molar-refractivity contribution < 1.29 is 9.53 Å². The number of esters is 1. The van der Waals surface area contributed by atoms with E-state index in [1.54, 1.807) is 0 Å². The van der Waals surface area contributed by atoms with E-state index in [0.717, 1.165) is 18.2 Å². The van der Waals surface area contributed by atoms with Crippen LogP contribution in [0.5, 0.6) is 5.75 Å². The molecule has 0 aliphatic rings. The Balaban J connectivity index is 1.42. The van der Waals surface area contributed by atoms with Gasteiger partial charge in [0.15, 0.2) is 0 Å². The van der Waals surface area contributed by atoms with Crippen molar-refractivity contribution in [3.63, 3.8) is 0 Å². The molecule has 28 heavy (non-hydrogen) atoms. The van der Waals surface area contributed by atoms with Gasteiger partial charge in [-0.2, -0.15) is 0 Å². The molecule has 2 heteroatoms. The lowest BCUT2D eigenvalue weighted by molar-refractivity contribution is -0.134. The highest BCUT2D eigenvalue weighted by Crippen LogP contribution is 2.38. The number of hydrogen-bond acceptors (Lipinski definition) is 2. The minimum Gasteiger partial charge on any atom is -0.426 e. The first-order valence-electron chi connectivity index (χ1n) is 9.71. The van der Waals surface area contributed by atoms with Crippen molar-refractivity contribution >= 4 is 38.3 Å². The predicted molar refractivity (Wildman–Crippen MR) is 115 cm³/mol. The van der Waals surface area contributed by atoms with E-state index in [9.17, 15) is 4.79 Å². The lowest BCUT2D eigenvalue weighted by atomic mass is 9.94. The van der Waals surface area contributed by atoms with E-state index in [-0.39, 0.29) is 5.97 Å². The Labute approximate surface area is 163 Å². The second-order valence-electron chi connectivity index (χ2n) is 7.23. The molecule has 5 aromatic rings. The van der Waals surface area contributed by atoms with Gasteiger partial charge in [0.2, 0.25) is 0 Å². The van der Waals surface area contributed by atoms with Crippen LogP contribution in [0.3, 0.4) is 0 Å². The SMILES string of the molecule is O=C(CCCc1ccccc1)Oc1ccc2ccc3cccc4ccc1c2c34. The van der Waals surface area contributed by atoms with Gasteiger partial charge in [-0.05, 0) is 52.1 Å². The maximum atomic E-state index is 12.4. The number of aryl methyl sites for hydroxylation is 1. The summed E-state index contributed by atoms with van der Waals surface area (Å²) in [7, 11) is 0. The van der Waals surface area contributed by atoms with E-state index in [4.69, 9.17) is 4.74 Å². The molecule has 0 aliphatic heterocycles. The second kappa shape index (κ2) is 6.97. The zero-order chi connectivity index (χ0) is 18.9. The molecular weight excluding hydrogens is 344 g/mol. The monoisotopic (exact) mass is 364 g/mol. The van der Waals surface area contributed by atoms with Crippen molar-refractivity contribution in [2.75, 3.05) is 0 Å². The van der Waals surface area contributed by atoms with Crippen LogP contribution in [0, 0.1) is 0 Å². The highest BCUT2D eigenvalue weighted by Gasteiger charge is 2.13. The van der Waals surface area contributed by atoms with Crippen LogP contribution in [0.4, 0.5) is 0 Å². The highest BCUT2D eigenvalue weighted by atomic mass is 16.5. The summed E-state index contributed by atoms with van der Waals surface area (Å²) in [5.41, 5.74) is 1.25. The summed E-state index contributed by atoms with van der Waals surface area (Å²) in [4.78, 5) is 12.4. The third-order valence-corrected chi connectivity index (χ3v) is 5.40. The van der Waals surface area contributed by atoms with E-state index in [0.29, 0.717) is 12.2 Å². The Morgan fingerprint density at radius 3 is 2.14 bits per heavy atom. The van der Waals surface area contributed by atoms with Crippen molar-refractivity contribution in [2.24, 2.45) is 0 Å². The summed E-state index contributed by atoms with van der Waals surface area (Å²) < 4.78 is 5.77. The van der Waals surface area contributed by atoms with Crippen LogP contribution in [0.25, 0.3) is 32.3 Å². The van der Waals surface area contributed by atoms with Gasteiger partial charge in [-0.15, -0.1) is 0 Å². The number of carbonyl (C=O) groups is 1. The van der Waals surface area contributed by atoms with Gasteiger partial charge in [0.1, 0.15) is 5.75 Å². The van der Waals surface area contributed by atoms with Crippen LogP contribution >= 0.6 is 0 Å². The zero-order valence-electron chi connectivity index (χ0n) is 15.5. The third-order valence-electron chi connectivity index (χ3n) is 5.40. The fraction of sp³-hybridized carbons (Fsp3) is 0.115. The number of carbonyl (C=O) groups excluding carboxylic acids is 1. The van der Waals surface area contributed by atoms with E-state index in [1.165, 1.54) is 32.5 Å². The van der Waals surface area contributed by atoms with Crippen LogP contribution in [-0.2, 0) is 11.2 Å². The van der Waals surface area contributed by atoms with Crippen molar-refractivity contribution in [1.29, 1.82) is 0 Å². The Kier molecular flexibility index (Phi) is 4.17. The van der Waals surface area contributed by atoms with Gasteiger partial charge in [-0.25, -0.2) is 0 Å². The standard InChI is InChI=1S/C26H20O2/c27-24(11-4-8-18-6-2-1-3-7-18)28-23-17-15-21-13-12-19-9-5-10-20-14-16-22(23)26(21)25(19)20/h1-3,5-7,9-10,12-17H,4,8,11H2. The van der Waals surface area contributed by atoms with E-state index in [1.807, 2.05) is 30.3 Å². The Morgan fingerprint density at radius 1 is 0.679 bits per heavy atom. The van der Waals surface area contributed by atoms with Gasteiger partial charge >= 0.3 is 5.97 Å². The molecule has 0 aliphatic carbocycles. The molecule has 0 bridgehead atoms. The summed E-state index contributed by atoms with van der Waals surface area (Å²) in [5.74, 6) is 0.474. The summed E-state index contributed by atoms with van der Waals surface area (Å²) in [6.45, 7) is 0. The summed E-state index contributed by atoms with van der Waals surface area (Å²) in [6.07, 6.45) is 2.08. The lowest BCUT2D eigenvalue weighted by Crippen LogP contribution is -2.08. The second-order valence-corrected chi connectivity index (χ2v) is 7.23. The van der Waals surface area contributed by atoms with Crippen LogP contribution in [0.15, 0.2) is 84.9 Å². The van der Waals surface area contributed by atoms with Crippen molar-refractivity contribution in [3.8, 4) is 5.75 Å². The molecule has 136 valence electrons. The fourth-order valence-electron chi connectivity index (χ4n) is 4.05. The van der Waals surface area contributed by atoms with Gasteiger partial charge in [0.05, 0.1) is 0 Å². The molecule has 0 saturated carbocycles. The van der Waals surface area contributed by atoms with Gasteiger partial charge < -0.3 is 4.74 Å². The van der Waals surface area contributed by atoms with E-state index >= 15 is 0 Å². The largest absolute Gasteiger partial charge is 0.426 e. The highest BCUT2D eigenvalue weighted by molar-refractivity contribution is 6.24. The van der Waals surface area contributed by atoms with Crippen LogP contribution in [0.1, 0.15) is 18.4 Å². The third kappa shape index (κ3) is 2.97. The maximum absolute atomic E-state index is 12.4. The van der Waals surface area contributed by atoms with Crippen LogP contribution < -0.4 is 4.74 Å². The molecule has 0 unspecified atom stereocenters. The quantitative estimate of drug-likeness (QED) is 0.202. The van der Waals surface area contributed by atoms with Gasteiger partial charge in [0, 0.05) is 17.2 Å². The molecule has 0 aromatic heterocycles. The molecule has 0 heterocycles. The van der Waals surface area contributed by atoms with E-state index in [2.05, 4.69) is 54.6 Å². The summed E-state index contributed by atoms with van der Waals surface area (Å²) in [5, 5.41) is 7.00. The molecule has 0 amide bonds. The average Bonchev–Trinajstić information content (AvgIpc) is 2.74. The Hall–Kier alpha value is -3.39. The molecule has 0 spiro atoms. The number of ether oxygens (including phenoxy) is 1. The van der Waals surface area contributed by atoms with Crippen molar-refractivity contribution in [2.45, 2.75) is 19.3 Å². The Morgan fingerprint density at radius 2 is 1.36 bits per heavy atom. The molecule has 0 fully saturated rings. The minimum atomic E-state index is -0.175. The van der Waals surface area contributed by atoms with Crippen molar-refractivity contribution in [3.05, 3.63) is 90.5 Å². The van der Waals surface area contributed by atoms with E-state index < -0.39 is 0 Å². The van der Waals surface area contributed by atoms with Crippen molar-refractivity contribution in [1.82, 2.24) is 0 Å². The average molecular weight is 364 g/mol. The molecule has 0 radical (unpaired) electrons. The number of hydrogen-bond donors (Lipinski definition) is 0. The molecule has 5 rings (SSSR count). The molecule has 5 aromatic carbocycles. The zero-order valence-corrected chi connectivity index (χ0v) is 15.5. The van der Waals surface area contributed by atoms with Gasteiger partial charge in [0.25, 0.3) is 0 Å². The van der Waals surface area contributed by atoms with Crippen LogP contribution in [-0.4, -0.2) is 5.97 Å². The molecule has 0 N–H and O–H groups in total.